The molecule has 0 unspecified atom stereocenters. The van der Waals surface area contributed by atoms with Crippen molar-refractivity contribution in [2.75, 3.05) is 49.4 Å². The molecule has 103 heavy (non-hydrogen) atoms. The van der Waals surface area contributed by atoms with Crippen LogP contribution >= 0.6 is 45.3 Å². The third-order valence-corrected chi connectivity index (χ3v) is 19.0. The van der Waals surface area contributed by atoms with Crippen molar-refractivity contribution in [1.29, 1.82) is 0 Å². The van der Waals surface area contributed by atoms with Crippen LogP contribution in [0, 0.1) is 13.8 Å². The van der Waals surface area contributed by atoms with Crippen molar-refractivity contribution in [3.63, 3.8) is 0 Å². The number of hydrogen-bond donors (Lipinski definition) is 12. The maximum Gasteiger partial charge on any atom is 0.311 e. The van der Waals surface area contributed by atoms with Crippen molar-refractivity contribution in [1.82, 2.24) is 58.1 Å². The van der Waals surface area contributed by atoms with E-state index in [4.69, 9.17) is 80.5 Å². The van der Waals surface area contributed by atoms with Crippen LogP contribution in [0.1, 0.15) is 77.8 Å². The molecule has 49 heteroatoms. The number of esters is 6. The maximum absolute atomic E-state index is 12.8. The quantitative estimate of drug-likeness (QED) is 0.0358. The summed E-state index contributed by atoms with van der Waals surface area (Å²) >= 11 is 2.99. The summed E-state index contributed by atoms with van der Waals surface area (Å²) in [7, 11) is 0. The number of anilines is 4. The first-order valence-corrected chi connectivity index (χ1v) is 32.9. The number of thiazole rings is 4. The number of aryl methyl sites for hydroxylation is 2. The first-order valence-electron chi connectivity index (χ1n) is 29.7. The molecular formula is C54H64N16O28S4V. The smallest absolute Gasteiger partial charge is 0.311 e. The monoisotopic (exact) mass is 1560 g/mol. The number of nitrogens with zero attached hydrogens (tertiary/aromatic N) is 10. The molecule has 0 saturated carbocycles. The molecule has 0 spiro atoms. The van der Waals surface area contributed by atoms with Crippen LogP contribution in [0.2, 0.25) is 0 Å². The van der Waals surface area contributed by atoms with E-state index in [2.05, 4.69) is 39.9 Å². The predicted molar refractivity (Wildman–Crippen MR) is 349 cm³/mol. The summed E-state index contributed by atoms with van der Waals surface area (Å²) in [6.45, 7) is 8.72. The van der Waals surface area contributed by atoms with Crippen molar-refractivity contribution in [2.45, 2.75) is 154 Å². The van der Waals surface area contributed by atoms with Gasteiger partial charge in [0.2, 0.25) is 23.8 Å². The van der Waals surface area contributed by atoms with Gasteiger partial charge in [0.05, 0.1) is 34.0 Å². The Balaban J connectivity index is 0.000000176. The Hall–Kier alpha value is -9.12. The molecule has 12 heterocycles. The fourth-order valence-electron chi connectivity index (χ4n) is 10.9. The molecule has 0 amide bonds. The molecule has 16 N–H and O–H groups in total. The van der Waals surface area contributed by atoms with E-state index in [1.807, 2.05) is 0 Å². The van der Waals surface area contributed by atoms with E-state index in [1.165, 1.54) is 32.3 Å². The van der Waals surface area contributed by atoms with E-state index < -0.39 is 178 Å². The number of aliphatic hydroxyl groups is 6. The van der Waals surface area contributed by atoms with E-state index in [0.29, 0.717) is 43.5 Å². The second-order valence-electron chi connectivity index (χ2n) is 22.3. The van der Waals surface area contributed by atoms with Gasteiger partial charge in [-0.3, -0.25) is 85.8 Å². The summed E-state index contributed by atoms with van der Waals surface area (Å²) in [4.78, 5) is 169. The number of aliphatic hydroxyl groups excluding tert-OH is 6. The number of H-pyrrole nitrogens is 2. The number of fused-ring (bicyclic) bond motifs is 4. The Kier molecular flexibility index (Phi) is 25.3. The molecule has 1 radical (unpaired) electrons. The Morgan fingerprint density at radius 2 is 0.699 bits per heavy atom. The van der Waals surface area contributed by atoms with Crippen molar-refractivity contribution in [2.24, 2.45) is 0 Å². The van der Waals surface area contributed by atoms with Crippen LogP contribution in [0.3, 0.4) is 0 Å². The summed E-state index contributed by atoms with van der Waals surface area (Å²) in [5, 5.41) is 57.7. The molecule has 0 bridgehead atoms. The van der Waals surface area contributed by atoms with Gasteiger partial charge in [0, 0.05) is 60.1 Å². The van der Waals surface area contributed by atoms with Crippen molar-refractivity contribution in [3.05, 3.63) is 70.8 Å². The zero-order valence-electron chi connectivity index (χ0n) is 54.6. The normalized spacial score (nSPS) is 25.5. The van der Waals surface area contributed by atoms with Crippen molar-refractivity contribution >= 4 is 146 Å². The molecule has 4 fully saturated rings. The van der Waals surface area contributed by atoms with Crippen LogP contribution in [0.25, 0.3) is 41.4 Å². The second-order valence-corrected chi connectivity index (χ2v) is 26.1. The topological polar surface area (TPSA) is 651 Å². The van der Waals surface area contributed by atoms with Crippen LogP contribution in [0.15, 0.2) is 28.8 Å². The number of carbonyl (C=O) groups is 6. The minimum Gasteiger partial charge on any atom is -0.463 e. The average molecular weight is 1560 g/mol. The Morgan fingerprint density at radius 3 is 0.990 bits per heavy atom. The number of nitrogen functional groups attached to an aromatic ring is 4. The number of nitrogens with one attached hydrogen (secondary N) is 2. The molecule has 0 aromatic carbocycles. The van der Waals surface area contributed by atoms with Gasteiger partial charge < -0.3 is 101 Å². The summed E-state index contributed by atoms with van der Waals surface area (Å²) in [6, 6.07) is 0. The summed E-state index contributed by atoms with van der Waals surface area (Å²) in [5.74, 6) is -4.49. The number of nitrogens with two attached hydrogens (primary N) is 4. The SMILES string of the molecule is CC(=O)OC[C@H]1O[C@@H](n2c(=O)sc3c(=O)[nH]c(N)nc32)[C@H](OC(C)=O)[C@@H]1OC(C)=O.CC(=O)OC[C@H]1O[C@@H](n2c(=O)sc3c(C)nc(N)nc32)[C@H](OC(C)=O)[C@@H]1OC(C)=O.Cc1nc(N)nc2c1sc(=O)n2[C@@H]1O[C@H](CO)[C@@H](O)[C@H]1O.Nc1nc2c(sc(=O)n2[C@@H]2O[C@H](CO)[C@@H](O)[C@H]2O)c(=O)[nH]1.[V]. The summed E-state index contributed by atoms with van der Waals surface area (Å²) in [6.07, 6.45) is -19.2. The third-order valence-electron chi connectivity index (χ3n) is 15.0. The van der Waals surface area contributed by atoms with Crippen molar-refractivity contribution < 1.29 is 125 Å². The molecular weight excluding hydrogens is 1500 g/mol. The largest absolute Gasteiger partial charge is 0.463 e. The standard InChI is InChI=1S/C17H20N4O8S.C16H18N4O9S.C11H14N4O5S.C10H12N4O6S.V/c1-6-13-14(20-16(18)19-6)21(17(25)30-13)15-12(28-9(4)24)11(27-8(3)23)10(29-15)5-26-7(2)22;1-5(21)26-4-8-9(27-6(2)22)10(28-7(3)23)14(29-8)20-12-11(30-16(20)25)13(24)19-15(17)18-12;1-3-7-8(14-10(12)13-3)15(11(19)21-7)9-6(18)5(17)4(2-16)20-9;11-9-12-6-5(7(18)13-9)21-10(19)14(6)8-4(17)3(16)2(1-15)20-8;/h10-12,15H,5H2,1-4H3,(H2,18,19,20);8-10,14H,4H2,1-3H3,(H3,17,18,19,24);4-6,9,16-18H,2H2,1H3,(H2,12,13,14);2-4,8,15-17H,1H2,(H3,11,12,13,18);/t10-,11-,12-,15-;8-,9-,10-,14-;4-,5-,6-,9-;2-,3-,4-,8-;/m1111./s1. The van der Waals surface area contributed by atoms with Crippen LogP contribution in [-0.4, -0.2) is 224 Å². The fraction of sp³-hybridized carbons (Fsp3) is 0.519. The molecule has 4 aliphatic rings. The Labute approximate surface area is 600 Å². The van der Waals surface area contributed by atoms with E-state index in [1.54, 1.807) is 13.8 Å². The van der Waals surface area contributed by atoms with Gasteiger partial charge in [-0.25, -0.2) is 9.97 Å². The molecule has 4 saturated heterocycles. The zero-order valence-corrected chi connectivity index (χ0v) is 59.3. The molecule has 16 atom stereocenters. The fourth-order valence-corrected chi connectivity index (χ4v) is 14.4. The predicted octanol–water partition coefficient (Wildman–Crippen LogP) is -5.19. The van der Waals surface area contributed by atoms with Gasteiger partial charge >= 0.3 is 55.3 Å². The van der Waals surface area contributed by atoms with Gasteiger partial charge in [0.25, 0.3) is 11.1 Å². The summed E-state index contributed by atoms with van der Waals surface area (Å²) in [5.41, 5.74) is 22.5. The molecule has 4 aliphatic heterocycles. The van der Waals surface area contributed by atoms with Gasteiger partial charge in [-0.1, -0.05) is 45.3 Å². The number of carbonyl (C=O) groups excluding carboxylic acids is 6. The Bertz CT molecular complexity index is 4930. The molecule has 44 nitrogen and oxygen atoms in total. The minimum absolute atomic E-state index is 0. The van der Waals surface area contributed by atoms with E-state index in [-0.39, 0.29) is 87.6 Å². The minimum atomic E-state index is -1.44. The van der Waals surface area contributed by atoms with Crippen LogP contribution in [0.4, 0.5) is 23.8 Å². The maximum atomic E-state index is 12.8. The van der Waals surface area contributed by atoms with Crippen LogP contribution in [-0.2, 0) is 94.7 Å². The van der Waals surface area contributed by atoms with E-state index in [0.717, 1.165) is 50.2 Å². The molecule has 12 rings (SSSR count). The number of aromatic nitrogens is 12. The molecule has 8 aromatic rings. The molecule has 8 aromatic heterocycles. The van der Waals surface area contributed by atoms with Gasteiger partial charge in [-0.15, -0.1) is 0 Å². The average Bonchev–Trinajstić information content (AvgIpc) is 1.62. The number of aromatic amines is 2. The first kappa shape index (κ1) is 79.6. The van der Waals surface area contributed by atoms with Gasteiger partial charge in [-0.2, -0.15) is 19.9 Å². The van der Waals surface area contributed by atoms with Gasteiger partial charge in [0.15, 0.2) is 71.9 Å². The second kappa shape index (κ2) is 32.7. The molecule has 557 valence electrons. The first-order chi connectivity index (χ1) is 48.0. The van der Waals surface area contributed by atoms with E-state index in [9.17, 15) is 78.0 Å². The molecule has 0 aliphatic carbocycles. The van der Waals surface area contributed by atoms with Crippen LogP contribution < -0.4 is 53.5 Å². The Morgan fingerprint density at radius 1 is 0.417 bits per heavy atom. The van der Waals surface area contributed by atoms with E-state index >= 15 is 0 Å². The summed E-state index contributed by atoms with van der Waals surface area (Å²) < 4.78 is 58.7. The number of rotatable bonds is 14. The van der Waals surface area contributed by atoms with Crippen molar-refractivity contribution in [3.8, 4) is 0 Å². The zero-order chi connectivity index (χ0) is 74.9. The van der Waals surface area contributed by atoms with Gasteiger partial charge in [0.1, 0.15) is 71.4 Å². The number of ether oxygens (including phenoxy) is 10. The third kappa shape index (κ3) is 16.9. The number of hydrogen-bond acceptors (Lipinski definition) is 42. The van der Waals surface area contributed by atoms with Gasteiger partial charge in [-0.05, 0) is 13.8 Å². The van der Waals surface area contributed by atoms with Crippen LogP contribution in [0.5, 0.6) is 0 Å².